The van der Waals surface area contributed by atoms with Gasteiger partial charge in [0.15, 0.2) is 6.10 Å². The van der Waals surface area contributed by atoms with Gasteiger partial charge in [-0.15, -0.1) is 0 Å². The van der Waals surface area contributed by atoms with Crippen molar-refractivity contribution in [2.45, 2.75) is 26.4 Å². The number of rotatable bonds is 10. The molecule has 0 aromatic heterocycles. The number of esters is 2. The van der Waals surface area contributed by atoms with Crippen LogP contribution >= 0.6 is 12.6 Å². The van der Waals surface area contributed by atoms with Gasteiger partial charge in [-0.05, 0) is 26.0 Å². The Morgan fingerprint density at radius 1 is 1.04 bits per heavy atom. The molecule has 0 aliphatic carbocycles. The summed E-state index contributed by atoms with van der Waals surface area (Å²) in [7, 11) is 0. The molecule has 0 fully saturated rings. The van der Waals surface area contributed by atoms with Crippen LogP contribution in [-0.4, -0.2) is 49.6 Å². The maximum atomic E-state index is 11.6. The molecule has 0 bridgehead atoms. The third kappa shape index (κ3) is 10.4. The first-order valence-electron chi connectivity index (χ1n) is 6.98. The lowest BCUT2D eigenvalue weighted by Crippen LogP contribution is -2.36. The standard InChI is InChI=1S/C15H23NO6S/c1-10(2)13(17)20-8-12(9-21-14(18)11(3)4)22-15(19)16-6-5-7-23/h12,23H,1,3,5-9H2,2,4H3,(H,16,19). The first-order chi connectivity index (χ1) is 10.8. The summed E-state index contributed by atoms with van der Waals surface area (Å²) in [4.78, 5) is 34.4. The van der Waals surface area contributed by atoms with Crippen LogP contribution in [0, 0.1) is 0 Å². The van der Waals surface area contributed by atoms with Gasteiger partial charge in [0.25, 0.3) is 0 Å². The van der Waals surface area contributed by atoms with E-state index in [1.165, 1.54) is 13.8 Å². The van der Waals surface area contributed by atoms with E-state index in [1.54, 1.807) is 0 Å². The number of carbonyl (C=O) groups excluding carboxylic acids is 3. The van der Waals surface area contributed by atoms with Gasteiger partial charge in [-0.3, -0.25) is 0 Å². The molecule has 0 rings (SSSR count). The highest BCUT2D eigenvalue weighted by atomic mass is 32.1. The Morgan fingerprint density at radius 2 is 1.52 bits per heavy atom. The Morgan fingerprint density at radius 3 is 1.91 bits per heavy atom. The average Bonchev–Trinajstić information content (AvgIpc) is 2.49. The number of thiol groups is 1. The minimum absolute atomic E-state index is 0.209. The molecule has 0 aliphatic rings. The minimum atomic E-state index is -0.933. The van der Waals surface area contributed by atoms with Crippen LogP contribution in [0.15, 0.2) is 24.3 Å². The first kappa shape index (κ1) is 21.0. The highest BCUT2D eigenvalue weighted by Gasteiger charge is 2.19. The van der Waals surface area contributed by atoms with Crippen LogP contribution in [0.2, 0.25) is 0 Å². The Labute approximate surface area is 141 Å². The highest BCUT2D eigenvalue weighted by molar-refractivity contribution is 7.80. The van der Waals surface area contributed by atoms with E-state index in [0.717, 1.165) is 0 Å². The zero-order valence-corrected chi connectivity index (χ0v) is 14.3. The van der Waals surface area contributed by atoms with Crippen LogP contribution < -0.4 is 5.32 Å². The molecule has 0 saturated carbocycles. The monoisotopic (exact) mass is 345 g/mol. The third-order valence-corrected chi connectivity index (χ3v) is 2.69. The smallest absolute Gasteiger partial charge is 0.407 e. The summed E-state index contributed by atoms with van der Waals surface area (Å²) in [6.07, 6.45) is -0.954. The van der Waals surface area contributed by atoms with Crippen LogP contribution in [0.4, 0.5) is 4.79 Å². The van der Waals surface area contributed by atoms with Crippen LogP contribution in [-0.2, 0) is 23.8 Å². The van der Waals surface area contributed by atoms with Crippen molar-refractivity contribution >= 4 is 30.7 Å². The molecule has 130 valence electrons. The zero-order chi connectivity index (χ0) is 17.8. The topological polar surface area (TPSA) is 90.9 Å². The van der Waals surface area contributed by atoms with Crippen molar-refractivity contribution in [3.8, 4) is 0 Å². The van der Waals surface area contributed by atoms with Gasteiger partial charge in [0.05, 0.1) is 0 Å². The number of hydrogen-bond donors (Lipinski definition) is 2. The number of nitrogens with one attached hydrogen (secondary N) is 1. The fourth-order valence-corrected chi connectivity index (χ4v) is 1.32. The second kappa shape index (κ2) is 11.6. The summed E-state index contributed by atoms with van der Waals surface area (Å²) in [6, 6.07) is 0. The van der Waals surface area contributed by atoms with Gasteiger partial charge in [0.1, 0.15) is 13.2 Å². The zero-order valence-electron chi connectivity index (χ0n) is 13.4. The lowest BCUT2D eigenvalue weighted by Gasteiger charge is -2.18. The summed E-state index contributed by atoms with van der Waals surface area (Å²) in [6.45, 7) is 9.75. The first-order valence-corrected chi connectivity index (χ1v) is 7.61. The fourth-order valence-electron chi connectivity index (χ4n) is 1.16. The second-order valence-electron chi connectivity index (χ2n) is 4.79. The second-order valence-corrected chi connectivity index (χ2v) is 5.24. The van der Waals surface area contributed by atoms with Gasteiger partial charge in [0, 0.05) is 17.7 Å². The molecular weight excluding hydrogens is 322 g/mol. The lowest BCUT2D eigenvalue weighted by molar-refractivity contribution is -0.147. The molecule has 0 heterocycles. The van der Waals surface area contributed by atoms with E-state index in [2.05, 4.69) is 31.1 Å². The van der Waals surface area contributed by atoms with Gasteiger partial charge in [-0.1, -0.05) is 13.2 Å². The van der Waals surface area contributed by atoms with E-state index in [-0.39, 0.29) is 24.4 Å². The van der Waals surface area contributed by atoms with E-state index in [0.29, 0.717) is 18.7 Å². The van der Waals surface area contributed by atoms with Crippen molar-refractivity contribution in [3.63, 3.8) is 0 Å². The van der Waals surface area contributed by atoms with Crippen LogP contribution in [0.1, 0.15) is 20.3 Å². The average molecular weight is 345 g/mol. The van der Waals surface area contributed by atoms with Gasteiger partial charge >= 0.3 is 18.0 Å². The Hall–Kier alpha value is -1.96. The molecule has 0 aliphatic heterocycles. The molecule has 0 aromatic rings. The Bertz CT molecular complexity index is 433. The molecule has 0 radical (unpaired) electrons. The van der Waals surface area contributed by atoms with E-state index in [4.69, 9.17) is 14.2 Å². The van der Waals surface area contributed by atoms with Crippen LogP contribution in [0.5, 0.6) is 0 Å². The maximum absolute atomic E-state index is 11.6. The summed E-state index contributed by atoms with van der Waals surface area (Å²) in [5, 5.41) is 2.51. The summed E-state index contributed by atoms with van der Waals surface area (Å²) in [5.41, 5.74) is 0.418. The number of alkyl carbamates (subject to hydrolysis) is 1. The lowest BCUT2D eigenvalue weighted by atomic mass is 10.3. The highest BCUT2D eigenvalue weighted by Crippen LogP contribution is 2.02. The Balaban J connectivity index is 4.49. The van der Waals surface area contributed by atoms with Gasteiger partial charge < -0.3 is 19.5 Å². The molecule has 0 atom stereocenters. The number of carbonyl (C=O) groups is 3. The molecule has 7 nitrogen and oxygen atoms in total. The van der Waals surface area contributed by atoms with E-state index in [9.17, 15) is 14.4 Å². The molecule has 8 heteroatoms. The van der Waals surface area contributed by atoms with Crippen LogP contribution in [0.3, 0.4) is 0 Å². The number of ether oxygens (including phenoxy) is 3. The van der Waals surface area contributed by atoms with Crippen molar-refractivity contribution in [2.75, 3.05) is 25.5 Å². The Kier molecular flexibility index (Phi) is 10.6. The third-order valence-electron chi connectivity index (χ3n) is 2.38. The van der Waals surface area contributed by atoms with E-state index >= 15 is 0 Å². The molecule has 0 spiro atoms. The van der Waals surface area contributed by atoms with Gasteiger partial charge in [0.2, 0.25) is 0 Å². The van der Waals surface area contributed by atoms with E-state index < -0.39 is 24.1 Å². The van der Waals surface area contributed by atoms with Gasteiger partial charge in [-0.25, -0.2) is 14.4 Å². The number of hydrogen-bond acceptors (Lipinski definition) is 7. The molecule has 1 amide bonds. The van der Waals surface area contributed by atoms with E-state index in [1.807, 2.05) is 0 Å². The minimum Gasteiger partial charge on any atom is -0.458 e. The molecular formula is C15H23NO6S. The quantitative estimate of drug-likeness (QED) is 0.206. The molecule has 0 saturated heterocycles. The van der Waals surface area contributed by atoms with Crippen molar-refractivity contribution < 1.29 is 28.6 Å². The largest absolute Gasteiger partial charge is 0.458 e. The molecule has 0 unspecified atom stereocenters. The van der Waals surface area contributed by atoms with Crippen molar-refractivity contribution in [1.29, 1.82) is 0 Å². The van der Waals surface area contributed by atoms with Crippen molar-refractivity contribution in [3.05, 3.63) is 24.3 Å². The molecule has 23 heavy (non-hydrogen) atoms. The van der Waals surface area contributed by atoms with Crippen molar-refractivity contribution in [2.24, 2.45) is 0 Å². The number of amides is 1. The molecule has 0 aromatic carbocycles. The van der Waals surface area contributed by atoms with Gasteiger partial charge in [-0.2, -0.15) is 12.6 Å². The normalized spacial score (nSPS) is 9.91. The fraction of sp³-hybridized carbons (Fsp3) is 0.533. The van der Waals surface area contributed by atoms with Crippen LogP contribution in [0.25, 0.3) is 0 Å². The summed E-state index contributed by atoms with van der Waals surface area (Å²) in [5.74, 6) is -0.628. The maximum Gasteiger partial charge on any atom is 0.407 e. The van der Waals surface area contributed by atoms with Crippen molar-refractivity contribution in [1.82, 2.24) is 5.32 Å². The summed E-state index contributed by atoms with van der Waals surface area (Å²) >= 11 is 4.02. The SMILES string of the molecule is C=C(C)C(=O)OCC(COC(=O)C(=C)C)OC(=O)NCCCS. The predicted molar refractivity (Wildman–Crippen MR) is 88.3 cm³/mol. The molecule has 1 N–H and O–H groups in total. The predicted octanol–water partition coefficient (Wildman–Crippen LogP) is 1.64. The summed E-state index contributed by atoms with van der Waals surface area (Å²) < 4.78 is 14.9.